The second kappa shape index (κ2) is 9.57. The topological polar surface area (TPSA) is 95.0 Å². The van der Waals surface area contributed by atoms with Crippen LogP contribution in [0.2, 0.25) is 0 Å². The van der Waals surface area contributed by atoms with Crippen LogP contribution >= 0.6 is 39.1 Å². The van der Waals surface area contributed by atoms with Crippen LogP contribution in [-0.4, -0.2) is 48.8 Å². The lowest BCUT2D eigenvalue weighted by Gasteiger charge is -2.50. The molecule has 4 aliphatic rings. The number of halogens is 3. The summed E-state index contributed by atoms with van der Waals surface area (Å²) < 4.78 is 0. The van der Waals surface area contributed by atoms with E-state index in [0.717, 1.165) is 4.90 Å². The number of alkyl halides is 3. The number of hydrogen-bond donors (Lipinski definition) is 1. The highest BCUT2D eigenvalue weighted by atomic mass is 79.9. The first-order chi connectivity index (χ1) is 19.1. The van der Waals surface area contributed by atoms with Crippen LogP contribution in [0.15, 0.2) is 72.8 Å². The predicted octanol–water partition coefficient (Wildman–Crippen LogP) is 5.04. The lowest BCUT2D eigenvalue weighted by molar-refractivity contribution is -0.138. The van der Waals surface area contributed by atoms with Gasteiger partial charge in [-0.1, -0.05) is 70.1 Å². The van der Waals surface area contributed by atoms with E-state index in [-0.39, 0.29) is 35.9 Å². The summed E-state index contributed by atoms with van der Waals surface area (Å²) in [6.45, 7) is 3.76. The molecule has 1 saturated carbocycles. The largest absolute Gasteiger partial charge is 0.507 e. The maximum atomic E-state index is 14.0. The molecule has 2 aromatic carbocycles. The van der Waals surface area contributed by atoms with Crippen molar-refractivity contribution in [2.24, 2.45) is 17.8 Å². The minimum Gasteiger partial charge on any atom is -0.507 e. The summed E-state index contributed by atoms with van der Waals surface area (Å²) in [6.07, 6.45) is 4.00. The summed E-state index contributed by atoms with van der Waals surface area (Å²) in [7, 11) is 0. The molecule has 0 bridgehead atoms. The molecule has 2 aromatic rings. The van der Waals surface area contributed by atoms with Gasteiger partial charge in [-0.05, 0) is 42.9 Å². The molecule has 0 spiro atoms. The molecule has 2 saturated heterocycles. The number of phenols is 1. The van der Waals surface area contributed by atoms with Crippen LogP contribution in [0.1, 0.15) is 29.9 Å². The number of carbonyl (C=O) groups is 4. The number of hydrogen-bond acceptors (Lipinski definition) is 5. The van der Waals surface area contributed by atoms with E-state index in [1.807, 2.05) is 6.08 Å². The number of amides is 4. The molecule has 6 rings (SSSR count). The quantitative estimate of drug-likeness (QED) is 0.213. The number of fused-ring (bicyclic) bond motifs is 4. The van der Waals surface area contributed by atoms with Gasteiger partial charge in [0.05, 0.1) is 23.0 Å². The first kappa shape index (κ1) is 27.2. The van der Waals surface area contributed by atoms with Gasteiger partial charge >= 0.3 is 0 Å². The number of likely N-dealkylation sites (tertiary alicyclic amines) is 1. The molecule has 1 N–H and O–H groups in total. The maximum absolute atomic E-state index is 14.0. The predicted molar refractivity (Wildman–Crippen MR) is 154 cm³/mol. The lowest BCUT2D eigenvalue weighted by Crippen LogP contribution is -2.60. The Hall–Kier alpha value is -2.94. The van der Waals surface area contributed by atoms with Gasteiger partial charge in [-0.15, -0.1) is 29.8 Å². The molecule has 2 aliphatic heterocycles. The smallest absolute Gasteiger partial charge is 0.254 e. The maximum Gasteiger partial charge on any atom is 0.254 e. The van der Waals surface area contributed by atoms with E-state index in [9.17, 15) is 24.3 Å². The molecule has 3 fully saturated rings. The van der Waals surface area contributed by atoms with Gasteiger partial charge < -0.3 is 5.11 Å². The van der Waals surface area contributed by atoms with Crippen LogP contribution in [0.5, 0.6) is 5.75 Å². The zero-order valence-corrected chi connectivity index (χ0v) is 24.3. The monoisotopic (exact) mass is 642 g/mol. The normalized spacial score (nSPS) is 33.0. The average Bonchev–Trinajstić information content (AvgIpc) is 3.28. The van der Waals surface area contributed by atoms with Crippen LogP contribution in [0.4, 0.5) is 5.69 Å². The number of carbonyl (C=O) groups excluding carboxylic acids is 4. The van der Waals surface area contributed by atoms with E-state index in [4.69, 9.17) is 23.2 Å². The number of anilines is 1. The molecule has 2 heterocycles. The van der Waals surface area contributed by atoms with Crippen LogP contribution in [0, 0.1) is 17.8 Å². The lowest BCUT2D eigenvalue weighted by atomic mass is 9.56. The molecule has 7 nitrogen and oxygen atoms in total. The van der Waals surface area contributed by atoms with Crippen molar-refractivity contribution >= 4 is 68.4 Å². The molecule has 2 aliphatic carbocycles. The zero-order valence-electron chi connectivity index (χ0n) is 21.2. The van der Waals surface area contributed by atoms with Crippen LogP contribution in [0.3, 0.4) is 0 Å². The molecular weight excluding hydrogens is 619 g/mol. The van der Waals surface area contributed by atoms with Crippen molar-refractivity contribution in [2.45, 2.75) is 34.9 Å². The number of phenolic OH excluding ortho intramolecular Hbond substituents is 1. The van der Waals surface area contributed by atoms with Gasteiger partial charge in [-0.2, -0.15) is 0 Å². The number of benzene rings is 2. The average molecular weight is 644 g/mol. The fourth-order valence-corrected chi connectivity index (χ4v) is 8.51. The van der Waals surface area contributed by atoms with Gasteiger partial charge in [0, 0.05) is 11.5 Å². The van der Waals surface area contributed by atoms with E-state index in [2.05, 4.69) is 22.5 Å². The first-order valence-electron chi connectivity index (χ1n) is 13.0. The zero-order chi connectivity index (χ0) is 28.6. The molecule has 206 valence electrons. The fourth-order valence-electron chi connectivity index (χ4n) is 7.09. The Morgan fingerprint density at radius 3 is 2.40 bits per heavy atom. The first-order valence-corrected chi connectivity index (χ1v) is 14.8. The number of allylic oxidation sites excluding steroid dienone is 3. The van der Waals surface area contributed by atoms with Crippen molar-refractivity contribution in [3.8, 4) is 5.75 Å². The molecule has 0 aromatic heterocycles. The molecule has 6 unspecified atom stereocenters. The van der Waals surface area contributed by atoms with Crippen LogP contribution in [-0.2, 0) is 25.6 Å². The summed E-state index contributed by atoms with van der Waals surface area (Å²) in [4.78, 5) is 53.4. The van der Waals surface area contributed by atoms with Crippen molar-refractivity contribution in [2.75, 3.05) is 10.4 Å². The van der Waals surface area contributed by atoms with Gasteiger partial charge in [-0.25, -0.2) is 0 Å². The third-order valence-electron chi connectivity index (χ3n) is 8.86. The standard InChI is InChI=1S/C30H25BrCl2N2O5/c1-2-7-16-8-6-11-20(24(16)36)23-18-12-13-19-22(26(38)35(25(19)37)17-9-4-3-5-10-17)21(18)14-29(32)27(39)34(15-31)28(40)30(23,29)33/h2-6,8-12,19,21-23,36H,1,7,13-15H2. The molecular formula is C30H25BrCl2N2O5. The number of rotatable bonds is 5. The van der Waals surface area contributed by atoms with Crippen molar-refractivity contribution in [3.05, 3.63) is 84.0 Å². The molecule has 4 amide bonds. The third kappa shape index (κ3) is 3.42. The van der Waals surface area contributed by atoms with Gasteiger partial charge in [0.1, 0.15) is 5.75 Å². The Bertz CT molecular complexity index is 1510. The summed E-state index contributed by atoms with van der Waals surface area (Å²) in [6, 6.07) is 13.9. The van der Waals surface area contributed by atoms with E-state index in [1.54, 1.807) is 54.6 Å². The van der Waals surface area contributed by atoms with E-state index in [1.165, 1.54) is 4.90 Å². The summed E-state index contributed by atoms with van der Waals surface area (Å²) in [5, 5.41) is 11.4. The summed E-state index contributed by atoms with van der Waals surface area (Å²) in [5.74, 6) is -5.24. The van der Waals surface area contributed by atoms with Crippen molar-refractivity contribution < 1.29 is 24.3 Å². The van der Waals surface area contributed by atoms with Gasteiger partial charge in [0.2, 0.25) is 11.8 Å². The van der Waals surface area contributed by atoms with E-state index < -0.39 is 45.2 Å². The highest BCUT2D eigenvalue weighted by Gasteiger charge is 2.76. The number of aromatic hydroxyl groups is 1. The Labute approximate surface area is 249 Å². The number of imide groups is 2. The third-order valence-corrected chi connectivity index (χ3v) is 10.8. The second-order valence-corrected chi connectivity index (χ2v) is 12.4. The molecule has 0 radical (unpaired) electrons. The SMILES string of the molecule is C=CCc1cccc(C2C3=CCC4C(=O)N(c5ccccc5)C(=O)C4C3CC3(Cl)C(=O)N(CBr)C(=O)C23Cl)c1O. The summed E-state index contributed by atoms with van der Waals surface area (Å²) in [5.41, 5.74) is 1.90. The highest BCUT2D eigenvalue weighted by molar-refractivity contribution is 9.09. The van der Waals surface area contributed by atoms with Crippen LogP contribution < -0.4 is 4.90 Å². The molecule has 10 heteroatoms. The molecule has 6 atom stereocenters. The van der Waals surface area contributed by atoms with E-state index >= 15 is 0 Å². The highest BCUT2D eigenvalue weighted by Crippen LogP contribution is 2.66. The summed E-state index contributed by atoms with van der Waals surface area (Å²) >= 11 is 17.7. The minimum absolute atomic E-state index is 0.0765. The van der Waals surface area contributed by atoms with E-state index in [0.29, 0.717) is 28.8 Å². The Balaban J connectivity index is 1.55. The Morgan fingerprint density at radius 2 is 1.73 bits per heavy atom. The van der Waals surface area contributed by atoms with Gasteiger partial charge in [-0.3, -0.25) is 29.0 Å². The molecule has 40 heavy (non-hydrogen) atoms. The van der Waals surface area contributed by atoms with Crippen molar-refractivity contribution in [1.29, 1.82) is 0 Å². The second-order valence-electron chi connectivity index (χ2n) is 10.7. The van der Waals surface area contributed by atoms with Crippen LogP contribution in [0.25, 0.3) is 0 Å². The number of nitrogens with zero attached hydrogens (tertiary/aromatic N) is 2. The van der Waals surface area contributed by atoms with Gasteiger partial charge in [0.25, 0.3) is 11.8 Å². The Morgan fingerprint density at radius 1 is 1.00 bits per heavy atom. The van der Waals surface area contributed by atoms with Gasteiger partial charge in [0.15, 0.2) is 9.75 Å². The van der Waals surface area contributed by atoms with Crippen molar-refractivity contribution in [3.63, 3.8) is 0 Å². The fraction of sp³-hybridized carbons (Fsp3) is 0.333. The van der Waals surface area contributed by atoms with Crippen molar-refractivity contribution in [1.82, 2.24) is 4.90 Å². The Kier molecular flexibility index (Phi) is 6.52. The minimum atomic E-state index is -1.97. The number of para-hydroxylation sites is 2.